The van der Waals surface area contributed by atoms with Gasteiger partial charge in [0, 0.05) is 6.21 Å². The standard InChI is InChI=1S/C6H6N2O4/c9-4-1-2-7-6(12)8(4)3-5(10)11/h2H,1,3H2,(H,10,11). The summed E-state index contributed by atoms with van der Waals surface area (Å²) in [7, 11) is 0. The van der Waals surface area contributed by atoms with E-state index in [0.29, 0.717) is 4.90 Å². The molecule has 6 nitrogen and oxygen atoms in total. The number of nitrogens with zero attached hydrogens (tertiary/aromatic N) is 2. The van der Waals surface area contributed by atoms with E-state index in [0.717, 1.165) is 0 Å². The van der Waals surface area contributed by atoms with Crippen LogP contribution in [-0.4, -0.2) is 40.7 Å². The largest absolute Gasteiger partial charge is 0.480 e. The fourth-order valence-electron chi connectivity index (χ4n) is 0.779. The highest BCUT2D eigenvalue weighted by Crippen LogP contribution is 2.02. The zero-order valence-corrected chi connectivity index (χ0v) is 6.06. The molecule has 1 heterocycles. The third-order valence-electron chi connectivity index (χ3n) is 1.29. The Hall–Kier alpha value is -1.72. The topological polar surface area (TPSA) is 87.0 Å². The van der Waals surface area contributed by atoms with Crippen molar-refractivity contribution >= 4 is 24.1 Å². The summed E-state index contributed by atoms with van der Waals surface area (Å²) in [5, 5.41) is 8.30. The summed E-state index contributed by atoms with van der Waals surface area (Å²) < 4.78 is 0. The van der Waals surface area contributed by atoms with Crippen LogP contribution in [0.4, 0.5) is 4.79 Å². The van der Waals surface area contributed by atoms with Crippen LogP contribution in [0.1, 0.15) is 6.42 Å². The van der Waals surface area contributed by atoms with Crippen molar-refractivity contribution in [1.82, 2.24) is 4.90 Å². The molecule has 6 heteroatoms. The lowest BCUT2D eigenvalue weighted by atomic mass is 10.3. The third-order valence-corrected chi connectivity index (χ3v) is 1.29. The normalized spacial score (nSPS) is 16.8. The Morgan fingerprint density at radius 2 is 2.33 bits per heavy atom. The highest BCUT2D eigenvalue weighted by molar-refractivity contribution is 6.08. The predicted octanol–water partition coefficient (Wildman–Crippen LogP) is -0.506. The summed E-state index contributed by atoms with van der Waals surface area (Å²) in [5.41, 5.74) is 0. The lowest BCUT2D eigenvalue weighted by Crippen LogP contribution is -2.41. The van der Waals surface area contributed by atoms with Crippen LogP contribution >= 0.6 is 0 Å². The van der Waals surface area contributed by atoms with Crippen LogP contribution in [0.2, 0.25) is 0 Å². The Bertz CT molecular complexity index is 271. The molecule has 0 aromatic carbocycles. The quantitative estimate of drug-likeness (QED) is 0.604. The minimum atomic E-state index is -1.23. The summed E-state index contributed by atoms with van der Waals surface area (Å²) in [6, 6.07) is -0.811. The van der Waals surface area contributed by atoms with Crippen molar-refractivity contribution in [2.75, 3.05) is 6.54 Å². The Morgan fingerprint density at radius 1 is 1.67 bits per heavy atom. The van der Waals surface area contributed by atoms with Crippen molar-refractivity contribution in [2.24, 2.45) is 4.99 Å². The second-order valence-corrected chi connectivity index (χ2v) is 2.17. The van der Waals surface area contributed by atoms with E-state index >= 15 is 0 Å². The van der Waals surface area contributed by atoms with Gasteiger partial charge in [-0.25, -0.2) is 9.79 Å². The van der Waals surface area contributed by atoms with Gasteiger partial charge < -0.3 is 5.11 Å². The van der Waals surface area contributed by atoms with E-state index in [2.05, 4.69) is 4.99 Å². The molecular weight excluding hydrogens is 164 g/mol. The molecule has 12 heavy (non-hydrogen) atoms. The van der Waals surface area contributed by atoms with Crippen molar-refractivity contribution in [3.05, 3.63) is 0 Å². The number of carbonyl (C=O) groups is 3. The molecule has 1 aliphatic heterocycles. The lowest BCUT2D eigenvalue weighted by molar-refractivity contribution is -0.142. The van der Waals surface area contributed by atoms with E-state index in [1.54, 1.807) is 0 Å². The maximum Gasteiger partial charge on any atom is 0.350 e. The van der Waals surface area contributed by atoms with E-state index in [4.69, 9.17) is 5.11 Å². The Kier molecular flexibility index (Phi) is 2.18. The number of rotatable bonds is 2. The van der Waals surface area contributed by atoms with Crippen LogP contribution in [0.25, 0.3) is 0 Å². The molecule has 1 rings (SSSR count). The number of aliphatic imine (C=N–C) groups is 1. The van der Waals surface area contributed by atoms with Gasteiger partial charge in [-0.1, -0.05) is 0 Å². The van der Waals surface area contributed by atoms with Crippen molar-refractivity contribution in [2.45, 2.75) is 6.42 Å². The van der Waals surface area contributed by atoms with Gasteiger partial charge in [0.2, 0.25) is 5.91 Å². The number of carbonyl (C=O) groups excluding carboxylic acids is 2. The first-order valence-electron chi connectivity index (χ1n) is 3.20. The monoisotopic (exact) mass is 170 g/mol. The molecule has 0 unspecified atom stereocenters. The molecule has 64 valence electrons. The van der Waals surface area contributed by atoms with Crippen LogP contribution in [0.3, 0.4) is 0 Å². The van der Waals surface area contributed by atoms with Gasteiger partial charge in [-0.05, 0) is 0 Å². The van der Waals surface area contributed by atoms with Crippen LogP contribution in [0.5, 0.6) is 0 Å². The fourth-order valence-corrected chi connectivity index (χ4v) is 0.779. The number of hydrogen-bond acceptors (Lipinski definition) is 3. The molecule has 0 aromatic heterocycles. The van der Waals surface area contributed by atoms with Crippen molar-refractivity contribution in [1.29, 1.82) is 0 Å². The van der Waals surface area contributed by atoms with Crippen molar-refractivity contribution < 1.29 is 19.5 Å². The fraction of sp³-hybridized carbons (Fsp3) is 0.333. The van der Waals surface area contributed by atoms with Gasteiger partial charge in [0.15, 0.2) is 0 Å². The molecular formula is C6H6N2O4. The van der Waals surface area contributed by atoms with Crippen LogP contribution in [0, 0.1) is 0 Å². The summed E-state index contributed by atoms with van der Waals surface area (Å²) in [6.45, 7) is -0.616. The molecule has 0 saturated carbocycles. The predicted molar refractivity (Wildman–Crippen MR) is 37.9 cm³/mol. The smallest absolute Gasteiger partial charge is 0.350 e. The second kappa shape index (κ2) is 3.12. The SMILES string of the molecule is O=C(O)CN1C(=O)CC=NC1=O. The van der Waals surface area contributed by atoms with Crippen molar-refractivity contribution in [3.63, 3.8) is 0 Å². The number of amides is 3. The zero-order chi connectivity index (χ0) is 9.14. The summed E-state index contributed by atoms with van der Waals surface area (Å²) >= 11 is 0. The van der Waals surface area contributed by atoms with Crippen LogP contribution in [0.15, 0.2) is 4.99 Å². The molecule has 0 atom stereocenters. The van der Waals surface area contributed by atoms with Gasteiger partial charge in [-0.2, -0.15) is 0 Å². The first-order valence-corrected chi connectivity index (χ1v) is 3.20. The zero-order valence-electron chi connectivity index (χ0n) is 6.06. The minimum absolute atomic E-state index is 0.0149. The maximum absolute atomic E-state index is 10.9. The molecule has 1 N–H and O–H groups in total. The summed E-state index contributed by atoms with van der Waals surface area (Å²) in [6.07, 6.45) is 1.15. The molecule has 0 aliphatic carbocycles. The average Bonchev–Trinajstić information content (AvgIpc) is 1.97. The second-order valence-electron chi connectivity index (χ2n) is 2.17. The van der Waals surface area contributed by atoms with E-state index in [1.807, 2.05) is 0 Å². The van der Waals surface area contributed by atoms with Crippen molar-refractivity contribution in [3.8, 4) is 0 Å². The van der Waals surface area contributed by atoms with Gasteiger partial charge in [-0.3, -0.25) is 14.5 Å². The summed E-state index contributed by atoms with van der Waals surface area (Å²) in [4.78, 5) is 35.7. The van der Waals surface area contributed by atoms with E-state index < -0.39 is 24.5 Å². The molecule has 1 aliphatic rings. The van der Waals surface area contributed by atoms with Gasteiger partial charge in [0.1, 0.15) is 6.54 Å². The van der Waals surface area contributed by atoms with E-state index in [-0.39, 0.29) is 6.42 Å². The lowest BCUT2D eigenvalue weighted by Gasteiger charge is -2.17. The molecule has 0 fully saturated rings. The Morgan fingerprint density at radius 3 is 2.83 bits per heavy atom. The highest BCUT2D eigenvalue weighted by atomic mass is 16.4. The molecule has 3 amide bonds. The van der Waals surface area contributed by atoms with E-state index in [9.17, 15) is 14.4 Å². The Balaban J connectivity index is 2.73. The van der Waals surface area contributed by atoms with Crippen LogP contribution < -0.4 is 0 Å². The maximum atomic E-state index is 10.9. The Labute approximate surface area is 67.5 Å². The average molecular weight is 170 g/mol. The number of carboxylic acid groups (broad SMARTS) is 1. The summed E-state index contributed by atoms with van der Waals surface area (Å²) in [5.74, 6) is -1.76. The first kappa shape index (κ1) is 8.38. The highest BCUT2D eigenvalue weighted by Gasteiger charge is 2.25. The first-order chi connectivity index (χ1) is 5.61. The molecule has 0 radical (unpaired) electrons. The molecule has 0 saturated heterocycles. The van der Waals surface area contributed by atoms with E-state index in [1.165, 1.54) is 6.21 Å². The number of aliphatic carboxylic acids is 1. The van der Waals surface area contributed by atoms with Gasteiger partial charge in [0.05, 0.1) is 6.42 Å². The third kappa shape index (κ3) is 1.66. The van der Waals surface area contributed by atoms with Gasteiger partial charge in [-0.15, -0.1) is 0 Å². The number of hydrogen-bond donors (Lipinski definition) is 1. The number of urea groups is 1. The number of imide groups is 1. The molecule has 0 bridgehead atoms. The minimum Gasteiger partial charge on any atom is -0.480 e. The van der Waals surface area contributed by atoms with Gasteiger partial charge >= 0.3 is 12.0 Å². The number of carboxylic acids is 1. The molecule has 0 spiro atoms. The van der Waals surface area contributed by atoms with Gasteiger partial charge in [0.25, 0.3) is 0 Å². The van der Waals surface area contributed by atoms with Crippen LogP contribution in [-0.2, 0) is 9.59 Å². The molecule has 0 aromatic rings.